The van der Waals surface area contributed by atoms with Gasteiger partial charge in [-0.15, -0.1) is 0 Å². The highest BCUT2D eigenvalue weighted by atomic mass is 16.3. The number of furan rings is 1. The maximum Gasteiger partial charge on any atom is 0.135 e. The summed E-state index contributed by atoms with van der Waals surface area (Å²) in [7, 11) is 0. The van der Waals surface area contributed by atoms with Crippen molar-refractivity contribution in [3.05, 3.63) is 188 Å². The molecular formula is C44H31NO. The molecule has 46 heavy (non-hydrogen) atoms. The van der Waals surface area contributed by atoms with E-state index in [1.165, 1.54) is 22.3 Å². The van der Waals surface area contributed by atoms with Crippen LogP contribution in [0.3, 0.4) is 0 Å². The Kier molecular flexibility index (Phi) is 7.22. The number of fused-ring (bicyclic) bond motifs is 1. The molecule has 0 aliphatic rings. The van der Waals surface area contributed by atoms with E-state index in [2.05, 4.69) is 175 Å². The average Bonchev–Trinajstić information content (AvgIpc) is 3.58. The van der Waals surface area contributed by atoms with Crippen LogP contribution in [0, 0.1) is 0 Å². The van der Waals surface area contributed by atoms with Crippen LogP contribution in [0.1, 0.15) is 0 Å². The molecule has 8 rings (SSSR count). The van der Waals surface area contributed by atoms with Gasteiger partial charge in [0.2, 0.25) is 0 Å². The number of rotatable bonds is 7. The van der Waals surface area contributed by atoms with E-state index in [1.54, 1.807) is 0 Å². The Morgan fingerprint density at radius 3 is 1.35 bits per heavy atom. The summed E-state index contributed by atoms with van der Waals surface area (Å²) in [5.74, 6) is 0.880. The van der Waals surface area contributed by atoms with Gasteiger partial charge in [0.15, 0.2) is 0 Å². The highest BCUT2D eigenvalue weighted by molar-refractivity contribution is 5.84. The average molecular weight is 590 g/mol. The standard InChI is InChI=1S/C44H31NO/c1-3-10-32(11-4-1)33-18-20-34(21-19-33)35-22-26-41(27-23-35)45(40-15-5-2-6-16-40)42-28-24-36(25-29-42)37-13-9-14-38(30-37)44-31-39-12-7-8-17-43(39)46-44/h1-31H. The first-order chi connectivity index (χ1) is 22.8. The highest BCUT2D eigenvalue weighted by Crippen LogP contribution is 2.37. The van der Waals surface area contributed by atoms with Crippen LogP contribution in [0.25, 0.3) is 55.7 Å². The predicted molar refractivity (Wildman–Crippen MR) is 193 cm³/mol. The van der Waals surface area contributed by atoms with Gasteiger partial charge in [0.05, 0.1) is 0 Å². The van der Waals surface area contributed by atoms with E-state index >= 15 is 0 Å². The van der Waals surface area contributed by atoms with Crippen LogP contribution in [0.5, 0.6) is 0 Å². The molecule has 0 saturated heterocycles. The van der Waals surface area contributed by atoms with Crippen molar-refractivity contribution >= 4 is 28.0 Å². The van der Waals surface area contributed by atoms with Gasteiger partial charge in [-0.25, -0.2) is 0 Å². The molecule has 0 aliphatic heterocycles. The topological polar surface area (TPSA) is 16.4 Å². The number of anilines is 3. The van der Waals surface area contributed by atoms with E-state index < -0.39 is 0 Å². The van der Waals surface area contributed by atoms with Gasteiger partial charge in [0.1, 0.15) is 11.3 Å². The van der Waals surface area contributed by atoms with Gasteiger partial charge < -0.3 is 9.32 Å². The first-order valence-corrected chi connectivity index (χ1v) is 15.6. The third kappa shape index (κ3) is 5.49. The van der Waals surface area contributed by atoms with Crippen LogP contribution in [0.15, 0.2) is 192 Å². The smallest absolute Gasteiger partial charge is 0.135 e. The molecular weight excluding hydrogens is 558 g/mol. The summed E-state index contributed by atoms with van der Waals surface area (Å²) >= 11 is 0. The number of benzene rings is 7. The highest BCUT2D eigenvalue weighted by Gasteiger charge is 2.14. The zero-order chi connectivity index (χ0) is 30.7. The molecule has 0 bridgehead atoms. The fourth-order valence-corrected chi connectivity index (χ4v) is 6.09. The van der Waals surface area contributed by atoms with Crippen LogP contribution in [-0.4, -0.2) is 0 Å². The molecule has 218 valence electrons. The van der Waals surface area contributed by atoms with Gasteiger partial charge in [-0.1, -0.05) is 133 Å². The SMILES string of the molecule is c1ccc(-c2ccc(-c3ccc(N(c4ccccc4)c4ccc(-c5cccc(-c6cc7ccccc7o6)c5)cc4)cc3)cc2)cc1. The molecule has 0 unspecified atom stereocenters. The summed E-state index contributed by atoms with van der Waals surface area (Å²) in [6.07, 6.45) is 0. The molecule has 8 aromatic rings. The van der Waals surface area contributed by atoms with Crippen molar-refractivity contribution in [2.45, 2.75) is 0 Å². The van der Waals surface area contributed by atoms with Gasteiger partial charge in [0, 0.05) is 28.0 Å². The molecule has 1 aromatic heterocycles. The first-order valence-electron chi connectivity index (χ1n) is 15.6. The van der Waals surface area contributed by atoms with Crippen molar-refractivity contribution in [3.8, 4) is 44.7 Å². The lowest BCUT2D eigenvalue weighted by Crippen LogP contribution is -2.09. The second-order valence-electron chi connectivity index (χ2n) is 11.4. The van der Waals surface area contributed by atoms with Crippen molar-refractivity contribution in [1.29, 1.82) is 0 Å². The molecule has 0 amide bonds. The molecule has 1 heterocycles. The van der Waals surface area contributed by atoms with Gasteiger partial charge in [-0.05, 0) is 88.0 Å². The number of hydrogen-bond acceptors (Lipinski definition) is 2. The van der Waals surface area contributed by atoms with E-state index in [0.29, 0.717) is 0 Å². The molecule has 7 aromatic carbocycles. The Balaban J connectivity index is 1.08. The zero-order valence-corrected chi connectivity index (χ0v) is 25.3. The van der Waals surface area contributed by atoms with Crippen molar-refractivity contribution in [3.63, 3.8) is 0 Å². The fourth-order valence-electron chi connectivity index (χ4n) is 6.09. The Morgan fingerprint density at radius 1 is 0.304 bits per heavy atom. The van der Waals surface area contributed by atoms with Crippen LogP contribution in [0.2, 0.25) is 0 Å². The molecule has 0 fully saturated rings. The molecule has 0 radical (unpaired) electrons. The van der Waals surface area contributed by atoms with Crippen LogP contribution in [-0.2, 0) is 0 Å². The second-order valence-corrected chi connectivity index (χ2v) is 11.4. The Morgan fingerprint density at radius 2 is 0.739 bits per heavy atom. The number of nitrogens with zero attached hydrogens (tertiary/aromatic N) is 1. The van der Waals surface area contributed by atoms with Crippen LogP contribution in [0.4, 0.5) is 17.1 Å². The summed E-state index contributed by atoms with van der Waals surface area (Å²) in [5, 5.41) is 1.11. The van der Waals surface area contributed by atoms with E-state index in [1.807, 2.05) is 18.2 Å². The summed E-state index contributed by atoms with van der Waals surface area (Å²) in [6, 6.07) is 66.3. The lowest BCUT2D eigenvalue weighted by molar-refractivity contribution is 0.631. The lowest BCUT2D eigenvalue weighted by Gasteiger charge is -2.26. The van der Waals surface area contributed by atoms with Gasteiger partial charge >= 0.3 is 0 Å². The lowest BCUT2D eigenvalue weighted by atomic mass is 10.00. The normalized spacial score (nSPS) is 11.0. The van der Waals surface area contributed by atoms with E-state index in [4.69, 9.17) is 4.42 Å². The minimum atomic E-state index is 0.880. The second kappa shape index (κ2) is 12.1. The van der Waals surface area contributed by atoms with Crippen molar-refractivity contribution in [2.24, 2.45) is 0 Å². The Labute approximate surface area is 269 Å². The monoisotopic (exact) mass is 589 g/mol. The number of hydrogen-bond donors (Lipinski definition) is 0. The Hall–Kier alpha value is -6.12. The summed E-state index contributed by atoms with van der Waals surface area (Å²) < 4.78 is 6.15. The van der Waals surface area contributed by atoms with E-state index in [0.717, 1.165) is 50.5 Å². The minimum Gasteiger partial charge on any atom is -0.456 e. The molecule has 0 spiro atoms. The summed E-state index contributed by atoms with van der Waals surface area (Å²) in [4.78, 5) is 2.30. The predicted octanol–water partition coefficient (Wildman–Crippen LogP) is 12.6. The van der Waals surface area contributed by atoms with Crippen molar-refractivity contribution in [2.75, 3.05) is 4.90 Å². The third-order valence-corrected chi connectivity index (χ3v) is 8.50. The largest absolute Gasteiger partial charge is 0.456 e. The van der Waals surface area contributed by atoms with Gasteiger partial charge in [-0.2, -0.15) is 0 Å². The van der Waals surface area contributed by atoms with Crippen molar-refractivity contribution < 1.29 is 4.42 Å². The fraction of sp³-hybridized carbons (Fsp3) is 0. The van der Waals surface area contributed by atoms with Gasteiger partial charge in [0.25, 0.3) is 0 Å². The summed E-state index contributed by atoms with van der Waals surface area (Å²) in [5.41, 5.74) is 12.4. The van der Waals surface area contributed by atoms with E-state index in [9.17, 15) is 0 Å². The zero-order valence-electron chi connectivity index (χ0n) is 25.3. The van der Waals surface area contributed by atoms with Crippen LogP contribution >= 0.6 is 0 Å². The maximum atomic E-state index is 6.15. The molecule has 2 heteroatoms. The van der Waals surface area contributed by atoms with Gasteiger partial charge in [-0.3, -0.25) is 0 Å². The molecule has 0 atom stereocenters. The van der Waals surface area contributed by atoms with Crippen LogP contribution < -0.4 is 4.90 Å². The summed E-state index contributed by atoms with van der Waals surface area (Å²) in [6.45, 7) is 0. The molecule has 0 aliphatic carbocycles. The maximum absolute atomic E-state index is 6.15. The first kappa shape index (κ1) is 27.4. The van der Waals surface area contributed by atoms with E-state index in [-0.39, 0.29) is 0 Å². The third-order valence-electron chi connectivity index (χ3n) is 8.50. The molecule has 0 N–H and O–H groups in total. The number of para-hydroxylation sites is 2. The molecule has 0 saturated carbocycles. The van der Waals surface area contributed by atoms with Crippen molar-refractivity contribution in [1.82, 2.24) is 0 Å². The quantitative estimate of drug-likeness (QED) is 0.184. The molecule has 2 nitrogen and oxygen atoms in total. The minimum absolute atomic E-state index is 0.880. The Bertz CT molecular complexity index is 2180.